The monoisotopic (exact) mass is 253 g/mol. The van der Waals surface area contributed by atoms with E-state index in [0.717, 1.165) is 24.7 Å². The Morgan fingerprint density at radius 2 is 1.83 bits per heavy atom. The molecule has 0 bridgehead atoms. The fraction of sp³-hybridized carbons (Fsp3) is 1.00. The van der Waals surface area contributed by atoms with Crippen LogP contribution < -0.4 is 5.32 Å². The Bertz CT molecular complexity index is 236. The zero-order valence-corrected chi connectivity index (χ0v) is 12.5. The van der Waals surface area contributed by atoms with E-state index in [0.29, 0.717) is 0 Å². The Kier molecular flexibility index (Phi) is 5.46. The molecule has 3 heteroatoms. The third kappa shape index (κ3) is 3.69. The maximum atomic E-state index is 3.60. The molecule has 1 saturated heterocycles. The van der Waals surface area contributed by atoms with Crippen molar-refractivity contribution in [2.24, 2.45) is 0 Å². The number of nitrogens with one attached hydrogen (secondary N) is 1. The summed E-state index contributed by atoms with van der Waals surface area (Å²) >= 11 is 0. The molecule has 0 amide bonds. The summed E-state index contributed by atoms with van der Waals surface area (Å²) in [5, 5.41) is 3.60. The maximum Gasteiger partial charge on any atom is 0.0223 e. The van der Waals surface area contributed by atoms with Crippen molar-refractivity contribution in [1.29, 1.82) is 0 Å². The molecule has 2 rings (SSSR count). The third-order valence-electron chi connectivity index (χ3n) is 4.94. The van der Waals surface area contributed by atoms with Crippen LogP contribution in [0, 0.1) is 0 Å². The second kappa shape index (κ2) is 6.88. The zero-order valence-electron chi connectivity index (χ0n) is 12.5. The van der Waals surface area contributed by atoms with Crippen LogP contribution in [0.15, 0.2) is 0 Å². The summed E-state index contributed by atoms with van der Waals surface area (Å²) in [6, 6.07) is 2.41. The van der Waals surface area contributed by atoms with Crippen molar-refractivity contribution in [3.05, 3.63) is 0 Å². The lowest BCUT2D eigenvalue weighted by Crippen LogP contribution is -2.50. The summed E-state index contributed by atoms with van der Waals surface area (Å²) in [5.74, 6) is 0. The van der Waals surface area contributed by atoms with Crippen molar-refractivity contribution in [2.45, 2.75) is 63.6 Å². The molecule has 0 aromatic rings. The summed E-state index contributed by atoms with van der Waals surface area (Å²) in [5.41, 5.74) is 0. The van der Waals surface area contributed by atoms with Gasteiger partial charge in [0.15, 0.2) is 0 Å². The van der Waals surface area contributed by atoms with Gasteiger partial charge in [-0.2, -0.15) is 0 Å². The number of likely N-dealkylation sites (N-methyl/N-ethyl adjacent to an activating group) is 2. The van der Waals surface area contributed by atoms with Crippen LogP contribution in [0.5, 0.6) is 0 Å². The summed E-state index contributed by atoms with van der Waals surface area (Å²) in [6.45, 7) is 5.90. The Hall–Kier alpha value is -0.120. The second-order valence-corrected chi connectivity index (χ2v) is 6.29. The van der Waals surface area contributed by atoms with Crippen LogP contribution in [0.2, 0.25) is 0 Å². The van der Waals surface area contributed by atoms with Gasteiger partial charge in [-0.25, -0.2) is 0 Å². The first-order chi connectivity index (χ1) is 8.70. The Morgan fingerprint density at radius 3 is 2.44 bits per heavy atom. The molecule has 106 valence electrons. The van der Waals surface area contributed by atoms with Crippen LogP contribution in [0.3, 0.4) is 0 Å². The first-order valence-electron chi connectivity index (χ1n) is 7.84. The molecule has 1 aliphatic carbocycles. The molecule has 0 aromatic heterocycles. The standard InChI is InChI=1S/C15H31N3/c1-4-16-13-7-9-14(10-8-13)18(3)15-6-5-11-17(2)12-15/h13-16H,4-12H2,1-3H3. The largest absolute Gasteiger partial charge is 0.314 e. The quantitative estimate of drug-likeness (QED) is 0.826. The van der Waals surface area contributed by atoms with E-state index in [1.165, 1.54) is 51.6 Å². The van der Waals surface area contributed by atoms with Crippen molar-refractivity contribution >= 4 is 0 Å². The molecule has 0 radical (unpaired) electrons. The Balaban J connectivity index is 1.77. The topological polar surface area (TPSA) is 18.5 Å². The predicted octanol–water partition coefficient (Wildman–Crippen LogP) is 1.93. The van der Waals surface area contributed by atoms with E-state index in [-0.39, 0.29) is 0 Å². The van der Waals surface area contributed by atoms with Gasteiger partial charge in [-0.05, 0) is 65.7 Å². The minimum absolute atomic E-state index is 0.786. The van der Waals surface area contributed by atoms with Crippen LogP contribution in [-0.4, -0.2) is 61.7 Å². The summed E-state index contributed by atoms with van der Waals surface area (Å²) in [4.78, 5) is 5.19. The number of rotatable bonds is 4. The first kappa shape index (κ1) is 14.3. The van der Waals surface area contributed by atoms with Gasteiger partial charge in [0, 0.05) is 24.7 Å². The number of nitrogens with zero attached hydrogens (tertiary/aromatic N) is 2. The van der Waals surface area contributed by atoms with Crippen molar-refractivity contribution < 1.29 is 0 Å². The van der Waals surface area contributed by atoms with E-state index in [1.54, 1.807) is 0 Å². The van der Waals surface area contributed by atoms with E-state index >= 15 is 0 Å². The molecular weight excluding hydrogens is 222 g/mol. The maximum absolute atomic E-state index is 3.60. The molecule has 2 fully saturated rings. The van der Waals surface area contributed by atoms with E-state index in [9.17, 15) is 0 Å². The fourth-order valence-corrected chi connectivity index (χ4v) is 3.75. The van der Waals surface area contributed by atoms with Gasteiger partial charge in [-0.15, -0.1) is 0 Å². The van der Waals surface area contributed by atoms with Crippen molar-refractivity contribution in [1.82, 2.24) is 15.1 Å². The number of piperidine rings is 1. The van der Waals surface area contributed by atoms with E-state index in [4.69, 9.17) is 0 Å². The van der Waals surface area contributed by atoms with Crippen molar-refractivity contribution in [2.75, 3.05) is 33.7 Å². The number of likely N-dealkylation sites (tertiary alicyclic amines) is 1. The van der Waals surface area contributed by atoms with Crippen LogP contribution in [0.25, 0.3) is 0 Å². The number of hydrogen-bond acceptors (Lipinski definition) is 3. The molecule has 0 spiro atoms. The highest BCUT2D eigenvalue weighted by atomic mass is 15.2. The van der Waals surface area contributed by atoms with Crippen LogP contribution >= 0.6 is 0 Å². The zero-order chi connectivity index (χ0) is 13.0. The average Bonchev–Trinajstić information content (AvgIpc) is 2.39. The van der Waals surface area contributed by atoms with E-state index in [1.807, 2.05) is 0 Å². The summed E-state index contributed by atoms with van der Waals surface area (Å²) in [7, 11) is 4.63. The van der Waals surface area contributed by atoms with Crippen molar-refractivity contribution in [3.8, 4) is 0 Å². The molecule has 1 atom stereocenters. The minimum atomic E-state index is 0.786. The smallest absolute Gasteiger partial charge is 0.0223 e. The molecule has 1 heterocycles. The van der Waals surface area contributed by atoms with Crippen molar-refractivity contribution in [3.63, 3.8) is 0 Å². The van der Waals surface area contributed by atoms with E-state index < -0.39 is 0 Å². The molecule has 1 saturated carbocycles. The molecular formula is C15H31N3. The molecule has 1 aliphatic heterocycles. The van der Waals surface area contributed by atoms with E-state index in [2.05, 4.69) is 36.1 Å². The van der Waals surface area contributed by atoms with Gasteiger partial charge in [-0.3, -0.25) is 4.90 Å². The molecule has 0 aromatic carbocycles. The molecule has 2 aliphatic rings. The highest BCUT2D eigenvalue weighted by Crippen LogP contribution is 2.26. The molecule has 3 nitrogen and oxygen atoms in total. The van der Waals surface area contributed by atoms with Gasteiger partial charge < -0.3 is 10.2 Å². The first-order valence-corrected chi connectivity index (χ1v) is 7.84. The van der Waals surface area contributed by atoms with Gasteiger partial charge >= 0.3 is 0 Å². The lowest BCUT2D eigenvalue weighted by Gasteiger charge is -2.42. The van der Waals surface area contributed by atoms with Crippen LogP contribution in [-0.2, 0) is 0 Å². The third-order valence-corrected chi connectivity index (χ3v) is 4.94. The normalized spacial score (nSPS) is 35.0. The highest BCUT2D eigenvalue weighted by Gasteiger charge is 2.29. The lowest BCUT2D eigenvalue weighted by molar-refractivity contribution is 0.0765. The van der Waals surface area contributed by atoms with Crippen LogP contribution in [0.4, 0.5) is 0 Å². The van der Waals surface area contributed by atoms with Gasteiger partial charge in [0.1, 0.15) is 0 Å². The molecule has 1 unspecified atom stereocenters. The minimum Gasteiger partial charge on any atom is -0.314 e. The summed E-state index contributed by atoms with van der Waals surface area (Å²) in [6.07, 6.45) is 8.27. The van der Waals surface area contributed by atoms with Crippen LogP contribution in [0.1, 0.15) is 45.4 Å². The lowest BCUT2D eigenvalue weighted by atomic mass is 9.89. The van der Waals surface area contributed by atoms with Gasteiger partial charge in [0.25, 0.3) is 0 Å². The SMILES string of the molecule is CCNC1CCC(N(C)C2CCCN(C)C2)CC1. The Morgan fingerprint density at radius 1 is 1.11 bits per heavy atom. The van der Waals surface area contributed by atoms with Gasteiger partial charge in [-0.1, -0.05) is 6.92 Å². The second-order valence-electron chi connectivity index (χ2n) is 6.29. The molecule has 1 N–H and O–H groups in total. The van der Waals surface area contributed by atoms with Gasteiger partial charge in [0.05, 0.1) is 0 Å². The average molecular weight is 253 g/mol. The number of hydrogen-bond donors (Lipinski definition) is 1. The Labute approximate surface area is 113 Å². The summed E-state index contributed by atoms with van der Waals surface area (Å²) < 4.78 is 0. The van der Waals surface area contributed by atoms with Gasteiger partial charge in [0.2, 0.25) is 0 Å². The highest BCUT2D eigenvalue weighted by molar-refractivity contribution is 4.86. The predicted molar refractivity (Wildman–Crippen MR) is 78.0 cm³/mol. The fourth-order valence-electron chi connectivity index (χ4n) is 3.75. The molecule has 18 heavy (non-hydrogen) atoms.